The number of benzene rings is 1. The monoisotopic (exact) mass is 327 g/mol. The third-order valence-electron chi connectivity index (χ3n) is 2.97. The summed E-state index contributed by atoms with van der Waals surface area (Å²) in [4.78, 5) is 4.35. The van der Waals surface area contributed by atoms with E-state index in [9.17, 15) is 0 Å². The second kappa shape index (κ2) is 5.41. The van der Waals surface area contributed by atoms with Gasteiger partial charge in [0.25, 0.3) is 0 Å². The van der Waals surface area contributed by atoms with Gasteiger partial charge in [0.2, 0.25) is 0 Å². The maximum atomic E-state index is 8.59. The van der Waals surface area contributed by atoms with Gasteiger partial charge < -0.3 is 15.1 Å². The Kier molecular flexibility index (Phi) is 1.25. The van der Waals surface area contributed by atoms with Gasteiger partial charge in [-0.15, -0.1) is 11.3 Å². The molecule has 0 spiro atoms. The van der Waals surface area contributed by atoms with Crippen molar-refractivity contribution in [3.63, 3.8) is 0 Å². The molecule has 3 heterocycles. The zero-order valence-corrected chi connectivity index (χ0v) is 12.1. The van der Waals surface area contributed by atoms with Crippen molar-refractivity contribution < 1.29 is 20.6 Å². The molecule has 0 amide bonds. The summed E-state index contributed by atoms with van der Waals surface area (Å²) in [6.07, 6.45) is 0. The van der Waals surface area contributed by atoms with Gasteiger partial charge in [-0.1, -0.05) is 12.1 Å². The highest BCUT2D eigenvalue weighted by Gasteiger charge is 2.25. The van der Waals surface area contributed by atoms with Gasteiger partial charge in [0.1, 0.15) is 10.8 Å². The largest absolute Gasteiger partial charge is 0.353 e. The minimum absolute atomic E-state index is 0.0830. The number of nitrogens with zero attached hydrogens (tertiary/aromatic N) is 3. The number of hydrogen-bond acceptors (Lipinski definition) is 5. The Morgan fingerprint density at radius 1 is 1.32 bits per heavy atom. The van der Waals surface area contributed by atoms with Gasteiger partial charge in [0.05, 0.1) is 27.9 Å². The van der Waals surface area contributed by atoms with Crippen LogP contribution in [0.4, 0.5) is 16.4 Å². The molecule has 114 valence electrons. The molecule has 1 N–H and O–H groups in total. The van der Waals surface area contributed by atoms with E-state index in [2.05, 4.69) is 10.3 Å². The Labute approximate surface area is 156 Å². The molecule has 0 radical (unpaired) electrons. The molecule has 22 heavy (non-hydrogen) atoms. The summed E-state index contributed by atoms with van der Waals surface area (Å²) in [7, 11) is 0.887. The summed E-state index contributed by atoms with van der Waals surface area (Å²) >= 11 is 0.636. The highest BCUT2D eigenvalue weighted by molar-refractivity contribution is 7.16. The number of para-hydroxylation sites is 2. The first kappa shape index (κ1) is 5.08. The maximum Gasteiger partial charge on any atom is 0.139 e. The molecule has 1 saturated heterocycles. The molecule has 1 aromatic carbocycles. The van der Waals surface area contributed by atoms with E-state index in [-0.39, 0.29) is 30.9 Å². The van der Waals surface area contributed by atoms with Crippen LogP contribution in [0.3, 0.4) is 0 Å². The first-order chi connectivity index (χ1) is 16.6. The predicted molar refractivity (Wildman–Crippen MR) is 94.0 cm³/mol. The quantitative estimate of drug-likeness (QED) is 0.804. The number of thiophene rings is 1. The number of rotatable bonds is 0. The van der Waals surface area contributed by atoms with Crippen LogP contribution in [0.25, 0.3) is 0 Å². The molecule has 4 rings (SSSR count). The van der Waals surface area contributed by atoms with Gasteiger partial charge in [-0.05, 0) is 32.1 Å². The van der Waals surface area contributed by atoms with Crippen molar-refractivity contribution in [2.24, 2.45) is 4.99 Å². The van der Waals surface area contributed by atoms with E-state index >= 15 is 0 Å². The summed E-state index contributed by atoms with van der Waals surface area (Å²) < 4.78 is 124. The van der Waals surface area contributed by atoms with Crippen molar-refractivity contribution in [3.05, 3.63) is 40.7 Å². The van der Waals surface area contributed by atoms with Crippen molar-refractivity contribution in [1.29, 1.82) is 0 Å². The van der Waals surface area contributed by atoms with E-state index < -0.39 is 68.5 Å². The van der Waals surface area contributed by atoms with E-state index in [0.717, 1.165) is 13.1 Å². The van der Waals surface area contributed by atoms with Crippen LogP contribution in [-0.2, 0) is 0 Å². The second-order valence-electron chi connectivity index (χ2n) is 4.48. The molecule has 0 atom stereocenters. The number of aryl methyl sites for hydroxylation is 1. The van der Waals surface area contributed by atoms with Gasteiger partial charge >= 0.3 is 0 Å². The smallest absolute Gasteiger partial charge is 0.139 e. The van der Waals surface area contributed by atoms with E-state index in [4.69, 9.17) is 20.6 Å². The number of aliphatic imine (C=N–C) groups is 1. The lowest BCUT2D eigenvalue weighted by molar-refractivity contribution is 0.216. The molecule has 2 aliphatic rings. The zero-order valence-electron chi connectivity index (χ0n) is 26.3. The van der Waals surface area contributed by atoms with Crippen LogP contribution in [0.5, 0.6) is 0 Å². The van der Waals surface area contributed by atoms with Crippen molar-refractivity contribution >= 4 is 33.5 Å². The molecule has 0 bridgehead atoms. The molecule has 0 aliphatic carbocycles. The van der Waals surface area contributed by atoms with E-state index in [1.807, 2.05) is 0 Å². The molecule has 0 saturated carbocycles. The highest BCUT2D eigenvalue weighted by Crippen LogP contribution is 2.39. The molecular weight excluding hydrogens is 292 g/mol. The number of piperazine rings is 1. The van der Waals surface area contributed by atoms with Gasteiger partial charge in [-0.3, -0.25) is 0 Å². The third-order valence-corrected chi connectivity index (χ3v) is 3.83. The van der Waals surface area contributed by atoms with E-state index in [1.165, 1.54) is 0 Å². The molecular formula is C17H20N4S. The number of fused-ring (bicyclic) bond motifs is 2. The van der Waals surface area contributed by atoms with E-state index in [0.29, 0.717) is 11.3 Å². The third kappa shape index (κ3) is 2.40. The van der Waals surface area contributed by atoms with Crippen LogP contribution in [0.2, 0.25) is 0 Å². The molecule has 4 nitrogen and oxygen atoms in total. The average molecular weight is 328 g/mol. The summed E-state index contributed by atoms with van der Waals surface area (Å²) in [6.45, 7) is -15.6. The topological polar surface area (TPSA) is 30.9 Å². The molecule has 2 aliphatic heterocycles. The van der Waals surface area contributed by atoms with Crippen LogP contribution in [0.1, 0.15) is 31.0 Å². The number of hydrogen-bond donors (Lipinski definition) is 1. The van der Waals surface area contributed by atoms with Gasteiger partial charge in [0.15, 0.2) is 0 Å². The lowest BCUT2D eigenvalue weighted by Gasteiger charge is -2.34. The van der Waals surface area contributed by atoms with Crippen LogP contribution in [-0.4, -0.2) is 48.7 Å². The number of anilines is 2. The van der Waals surface area contributed by atoms with Crippen molar-refractivity contribution in [1.82, 2.24) is 9.80 Å². The average Bonchev–Trinajstić information content (AvgIpc) is 3.13. The summed E-state index contributed by atoms with van der Waals surface area (Å²) in [6, 6.07) is -1.53. The predicted octanol–water partition coefficient (Wildman–Crippen LogP) is 3.44. The Morgan fingerprint density at radius 3 is 2.95 bits per heavy atom. The summed E-state index contributed by atoms with van der Waals surface area (Å²) in [5.41, 5.74) is -0.998. The minimum atomic E-state index is -3.31. The Bertz CT molecular complexity index is 1300. The number of amidine groups is 1. The zero-order chi connectivity index (χ0) is 28.3. The first-order valence-corrected chi connectivity index (χ1v) is 7.06. The second-order valence-corrected chi connectivity index (χ2v) is 5.53. The van der Waals surface area contributed by atoms with E-state index in [1.54, 1.807) is 0 Å². The molecule has 2 aromatic rings. The fourth-order valence-electron chi connectivity index (χ4n) is 1.99. The van der Waals surface area contributed by atoms with Crippen molar-refractivity contribution in [2.75, 3.05) is 38.4 Å². The SMILES string of the molecule is [2H]c1c([2H])c([2H])c2c(c1[2H])N=C(N1C([2H])([2H])C([2H])([2H])N(C)C([2H])([2H])C1([2H])[2H])c1cc(C([2H])([2H])[2H])sc1N2. The van der Waals surface area contributed by atoms with Crippen molar-refractivity contribution in [3.8, 4) is 0 Å². The van der Waals surface area contributed by atoms with Gasteiger partial charge in [0, 0.05) is 40.5 Å². The molecule has 1 aromatic heterocycles. The number of likely N-dealkylation sites (N-methyl/N-ethyl adjacent to an activating group) is 1. The van der Waals surface area contributed by atoms with Crippen LogP contribution in [0, 0.1) is 6.85 Å². The van der Waals surface area contributed by atoms with Crippen molar-refractivity contribution in [2.45, 2.75) is 6.85 Å². The minimum Gasteiger partial charge on any atom is -0.353 e. The number of nitrogens with one attached hydrogen (secondary N) is 1. The first-order valence-electron chi connectivity index (χ1n) is 13.7. The summed E-state index contributed by atoms with van der Waals surface area (Å²) in [5, 5.41) is 2.64. The van der Waals surface area contributed by atoms with Crippen LogP contribution in [0.15, 0.2) is 35.2 Å². The molecule has 1 fully saturated rings. The lowest BCUT2D eigenvalue weighted by atomic mass is 10.2. The van der Waals surface area contributed by atoms with Gasteiger partial charge in [-0.2, -0.15) is 0 Å². The maximum absolute atomic E-state index is 8.59. The normalized spacial score (nSPS) is 37.8. The molecule has 5 heteroatoms. The molecule has 0 unspecified atom stereocenters. The van der Waals surface area contributed by atoms with Gasteiger partial charge in [-0.25, -0.2) is 4.99 Å². The summed E-state index contributed by atoms with van der Waals surface area (Å²) in [5.74, 6) is -0.742. The standard InChI is InChI=1S/C17H20N4S/c1-12-11-13-16(21-9-7-20(2)8-10-21)18-14-5-3-4-6-15(14)19-17(13)22-12/h3-6,11,19H,7-10H2,1-2H3/i1D3,3D,4D,5D,6D,7D2,8D2,9D2,10D2. The highest BCUT2D eigenvalue weighted by atomic mass is 32.1. The lowest BCUT2D eigenvalue weighted by Crippen LogP contribution is -2.47. The Hall–Kier alpha value is -1.85. The fraction of sp³-hybridized carbons (Fsp3) is 0.353. The Morgan fingerprint density at radius 2 is 2.14 bits per heavy atom. The fourth-order valence-corrected chi connectivity index (χ4v) is 2.80. The Balaban J connectivity index is 2.15. The van der Waals surface area contributed by atoms with Crippen LogP contribution >= 0.6 is 11.3 Å². The van der Waals surface area contributed by atoms with Crippen LogP contribution < -0.4 is 5.32 Å².